The Hall–Kier alpha value is -3.16. The first-order valence-corrected chi connectivity index (χ1v) is 8.98. The Morgan fingerprint density at radius 1 is 1.22 bits per heavy atom. The highest BCUT2D eigenvalue weighted by Gasteiger charge is 2.19. The third kappa shape index (κ3) is 3.84. The Labute approximate surface area is 155 Å². The van der Waals surface area contributed by atoms with Crippen molar-refractivity contribution in [3.05, 3.63) is 54.0 Å². The van der Waals surface area contributed by atoms with E-state index in [1.807, 2.05) is 4.57 Å². The van der Waals surface area contributed by atoms with E-state index in [1.54, 1.807) is 24.7 Å². The molecule has 140 valence electrons. The van der Waals surface area contributed by atoms with E-state index in [1.165, 1.54) is 12.1 Å². The van der Waals surface area contributed by atoms with Gasteiger partial charge in [0.15, 0.2) is 5.82 Å². The zero-order valence-corrected chi connectivity index (χ0v) is 14.7. The van der Waals surface area contributed by atoms with E-state index in [0.717, 1.165) is 43.6 Å². The number of carbonyl (C=O) groups excluding carboxylic acids is 1. The lowest BCUT2D eigenvalue weighted by Gasteiger charge is -2.11. The monoisotopic (exact) mass is 369 g/mol. The van der Waals surface area contributed by atoms with Gasteiger partial charge >= 0.3 is 6.03 Å². The SMILES string of the molecule is O=C(NCc1ccoc1)Nc1ccc(F)c(-c2nnc3n2CCCCC3)c1. The van der Waals surface area contributed by atoms with Crippen LogP contribution in [0.3, 0.4) is 0 Å². The molecule has 0 aliphatic carbocycles. The molecular weight excluding hydrogens is 349 g/mol. The number of anilines is 1. The van der Waals surface area contributed by atoms with Crippen LogP contribution in [-0.4, -0.2) is 20.8 Å². The molecule has 3 aromatic rings. The van der Waals surface area contributed by atoms with Crippen LogP contribution in [0, 0.1) is 5.82 Å². The number of urea groups is 1. The van der Waals surface area contributed by atoms with Crippen LogP contribution in [0.15, 0.2) is 41.2 Å². The molecule has 0 bridgehead atoms. The minimum absolute atomic E-state index is 0.336. The van der Waals surface area contributed by atoms with Crippen molar-refractivity contribution in [1.29, 1.82) is 0 Å². The second-order valence-corrected chi connectivity index (χ2v) is 6.54. The maximum absolute atomic E-state index is 14.5. The van der Waals surface area contributed by atoms with Crippen molar-refractivity contribution in [1.82, 2.24) is 20.1 Å². The fraction of sp³-hybridized carbons (Fsp3) is 0.316. The smallest absolute Gasteiger partial charge is 0.319 e. The van der Waals surface area contributed by atoms with Crippen molar-refractivity contribution in [3.63, 3.8) is 0 Å². The summed E-state index contributed by atoms with van der Waals surface area (Å²) < 4.78 is 21.4. The molecule has 3 heterocycles. The van der Waals surface area contributed by atoms with Crippen LogP contribution in [0.25, 0.3) is 11.4 Å². The number of nitrogens with one attached hydrogen (secondary N) is 2. The van der Waals surface area contributed by atoms with Gasteiger partial charge in [-0.3, -0.25) is 0 Å². The van der Waals surface area contributed by atoms with E-state index in [9.17, 15) is 9.18 Å². The van der Waals surface area contributed by atoms with Gasteiger partial charge in [0, 0.05) is 30.8 Å². The molecule has 0 unspecified atom stereocenters. The first-order chi connectivity index (χ1) is 13.2. The Bertz CT molecular complexity index is 936. The summed E-state index contributed by atoms with van der Waals surface area (Å²) in [7, 11) is 0. The first kappa shape index (κ1) is 17.3. The highest BCUT2D eigenvalue weighted by Crippen LogP contribution is 2.27. The van der Waals surface area contributed by atoms with Crippen molar-refractivity contribution in [3.8, 4) is 11.4 Å². The predicted octanol–water partition coefficient (Wildman–Crippen LogP) is 3.73. The lowest BCUT2D eigenvalue weighted by atomic mass is 10.1. The first-order valence-electron chi connectivity index (χ1n) is 8.98. The van der Waals surface area contributed by atoms with Gasteiger partial charge in [-0.2, -0.15) is 0 Å². The fourth-order valence-electron chi connectivity index (χ4n) is 3.21. The van der Waals surface area contributed by atoms with E-state index in [2.05, 4.69) is 20.8 Å². The Morgan fingerprint density at radius 2 is 2.15 bits per heavy atom. The molecule has 1 aliphatic rings. The van der Waals surface area contributed by atoms with E-state index in [4.69, 9.17) is 4.42 Å². The lowest BCUT2D eigenvalue weighted by molar-refractivity contribution is 0.251. The standard InChI is InChI=1S/C19H20FN5O2/c20-16-6-5-14(22-19(26)21-11-13-7-9-27-12-13)10-15(16)18-24-23-17-4-2-1-3-8-25(17)18/h5-7,9-10,12H,1-4,8,11H2,(H2,21,22,26). The number of fused-ring (bicyclic) bond motifs is 1. The summed E-state index contributed by atoms with van der Waals surface area (Å²) in [5.74, 6) is 1.00. The average molecular weight is 369 g/mol. The minimum atomic E-state index is -0.390. The van der Waals surface area contributed by atoms with Gasteiger partial charge in [0.1, 0.15) is 11.6 Å². The van der Waals surface area contributed by atoms with Crippen LogP contribution in [-0.2, 0) is 19.5 Å². The second kappa shape index (κ2) is 7.61. The summed E-state index contributed by atoms with van der Waals surface area (Å²) in [4.78, 5) is 12.1. The maximum Gasteiger partial charge on any atom is 0.319 e. The van der Waals surface area contributed by atoms with Crippen molar-refractivity contribution in [2.75, 3.05) is 5.32 Å². The highest BCUT2D eigenvalue weighted by atomic mass is 19.1. The molecule has 1 aromatic carbocycles. The van der Waals surface area contributed by atoms with Crippen LogP contribution in [0.2, 0.25) is 0 Å². The molecular formula is C19H20FN5O2. The summed E-state index contributed by atoms with van der Waals surface area (Å²) >= 11 is 0. The number of amides is 2. The molecule has 7 nitrogen and oxygen atoms in total. The van der Waals surface area contributed by atoms with Crippen LogP contribution in [0.5, 0.6) is 0 Å². The van der Waals surface area contributed by atoms with Crippen molar-refractivity contribution in [2.45, 2.75) is 38.8 Å². The van der Waals surface area contributed by atoms with Gasteiger partial charge in [-0.1, -0.05) is 6.42 Å². The van der Waals surface area contributed by atoms with Gasteiger partial charge < -0.3 is 19.6 Å². The molecule has 2 aromatic heterocycles. The van der Waals surface area contributed by atoms with Crippen molar-refractivity contribution >= 4 is 11.7 Å². The number of hydrogen-bond acceptors (Lipinski definition) is 4. The van der Waals surface area contributed by atoms with Crippen LogP contribution in [0.4, 0.5) is 14.9 Å². The lowest BCUT2D eigenvalue weighted by Crippen LogP contribution is -2.28. The number of benzene rings is 1. The minimum Gasteiger partial charge on any atom is -0.472 e. The summed E-state index contributed by atoms with van der Waals surface area (Å²) in [6, 6.07) is 5.84. The number of hydrogen-bond donors (Lipinski definition) is 2. The van der Waals surface area contributed by atoms with E-state index in [0.29, 0.717) is 23.6 Å². The van der Waals surface area contributed by atoms with Gasteiger partial charge in [0.05, 0.1) is 18.1 Å². The van der Waals surface area contributed by atoms with Crippen molar-refractivity contribution in [2.24, 2.45) is 0 Å². The quantitative estimate of drug-likeness (QED) is 0.734. The Kier molecular flexibility index (Phi) is 4.86. The van der Waals surface area contributed by atoms with E-state index in [-0.39, 0.29) is 11.8 Å². The molecule has 0 radical (unpaired) electrons. The molecule has 1 aliphatic heterocycles. The third-order valence-electron chi connectivity index (χ3n) is 4.61. The van der Waals surface area contributed by atoms with Crippen LogP contribution in [0.1, 0.15) is 30.7 Å². The summed E-state index contributed by atoms with van der Waals surface area (Å²) in [5, 5.41) is 13.9. The molecule has 0 fully saturated rings. The molecule has 2 N–H and O–H groups in total. The van der Waals surface area contributed by atoms with Gasteiger partial charge in [0.2, 0.25) is 0 Å². The molecule has 2 amide bonds. The molecule has 27 heavy (non-hydrogen) atoms. The van der Waals surface area contributed by atoms with Gasteiger partial charge in [-0.25, -0.2) is 9.18 Å². The van der Waals surface area contributed by atoms with Gasteiger partial charge in [-0.15, -0.1) is 10.2 Å². The molecule has 0 saturated heterocycles. The van der Waals surface area contributed by atoms with Crippen LogP contribution < -0.4 is 10.6 Å². The number of carbonyl (C=O) groups is 1. The Balaban J connectivity index is 1.52. The molecule has 8 heteroatoms. The van der Waals surface area contributed by atoms with Crippen molar-refractivity contribution < 1.29 is 13.6 Å². The second-order valence-electron chi connectivity index (χ2n) is 6.54. The van der Waals surface area contributed by atoms with E-state index < -0.39 is 0 Å². The average Bonchev–Trinajstić information content (AvgIpc) is 3.27. The normalized spacial score (nSPS) is 13.7. The molecule has 0 spiro atoms. The van der Waals surface area contributed by atoms with Crippen LogP contribution >= 0.6 is 0 Å². The fourth-order valence-corrected chi connectivity index (χ4v) is 3.21. The highest BCUT2D eigenvalue weighted by molar-refractivity contribution is 5.89. The molecule has 0 saturated carbocycles. The van der Waals surface area contributed by atoms with Gasteiger partial charge in [-0.05, 0) is 37.1 Å². The number of aryl methyl sites for hydroxylation is 1. The van der Waals surface area contributed by atoms with Gasteiger partial charge in [0.25, 0.3) is 0 Å². The summed E-state index contributed by atoms with van der Waals surface area (Å²) in [5.41, 5.74) is 1.68. The zero-order chi connectivity index (χ0) is 18.6. The molecule has 4 rings (SSSR count). The number of halogens is 1. The maximum atomic E-state index is 14.5. The number of furan rings is 1. The largest absolute Gasteiger partial charge is 0.472 e. The third-order valence-corrected chi connectivity index (χ3v) is 4.61. The number of aromatic nitrogens is 3. The Morgan fingerprint density at radius 3 is 3.00 bits per heavy atom. The predicted molar refractivity (Wildman–Crippen MR) is 97.5 cm³/mol. The van der Waals surface area contributed by atoms with E-state index >= 15 is 0 Å². The zero-order valence-electron chi connectivity index (χ0n) is 14.7. The number of rotatable bonds is 4. The number of nitrogens with zero attached hydrogens (tertiary/aromatic N) is 3. The molecule has 0 atom stereocenters. The summed E-state index contributed by atoms with van der Waals surface area (Å²) in [6.45, 7) is 1.12. The topological polar surface area (TPSA) is 85.0 Å². The summed E-state index contributed by atoms with van der Waals surface area (Å²) in [6.07, 6.45) is 7.18.